The molecule has 4 rings (SSSR count). The van der Waals surface area contributed by atoms with Crippen LogP contribution in [0.5, 0.6) is 0 Å². The minimum Gasteiger partial charge on any atom is -0.396 e. The molecule has 2 heterocycles. The molecule has 0 unspecified atom stereocenters. The Morgan fingerprint density at radius 2 is 2.10 bits per heavy atom. The van der Waals surface area contributed by atoms with Gasteiger partial charge in [0.05, 0.1) is 33.7 Å². The van der Waals surface area contributed by atoms with Gasteiger partial charge in [0.1, 0.15) is 0 Å². The molecule has 0 saturated heterocycles. The molecule has 2 aromatic rings. The molecule has 0 spiro atoms. The van der Waals surface area contributed by atoms with E-state index in [1.807, 2.05) is 0 Å². The van der Waals surface area contributed by atoms with E-state index in [0.29, 0.717) is 23.0 Å². The highest BCUT2D eigenvalue weighted by Gasteiger charge is 2.30. The largest absolute Gasteiger partial charge is 0.396 e. The summed E-state index contributed by atoms with van der Waals surface area (Å²) in [4.78, 5) is 4.80. The number of sulfone groups is 1. The summed E-state index contributed by atoms with van der Waals surface area (Å²) in [6.07, 6.45) is 5.69. The summed E-state index contributed by atoms with van der Waals surface area (Å²) in [5, 5.41) is 4.38. The first-order valence-electron chi connectivity index (χ1n) is 7.25. The van der Waals surface area contributed by atoms with Crippen molar-refractivity contribution in [2.45, 2.75) is 36.6 Å². The van der Waals surface area contributed by atoms with Crippen molar-refractivity contribution < 1.29 is 8.42 Å². The third kappa shape index (κ3) is 1.89. The van der Waals surface area contributed by atoms with E-state index in [1.54, 1.807) is 18.3 Å². The molecule has 1 aliphatic carbocycles. The normalized spacial score (nSPS) is 20.2. The average molecular weight is 303 g/mol. The van der Waals surface area contributed by atoms with Crippen molar-refractivity contribution >= 4 is 32.1 Å². The van der Waals surface area contributed by atoms with Crippen LogP contribution in [0.4, 0.5) is 11.4 Å². The lowest BCUT2D eigenvalue weighted by Crippen LogP contribution is -2.27. The van der Waals surface area contributed by atoms with Crippen LogP contribution in [0.1, 0.15) is 24.8 Å². The monoisotopic (exact) mass is 303 g/mol. The molecule has 0 amide bonds. The van der Waals surface area contributed by atoms with Gasteiger partial charge in [-0.05, 0) is 43.4 Å². The van der Waals surface area contributed by atoms with Crippen LogP contribution < -0.4 is 11.1 Å². The Labute approximate surface area is 123 Å². The maximum atomic E-state index is 12.1. The van der Waals surface area contributed by atoms with Gasteiger partial charge in [-0.2, -0.15) is 0 Å². The molecule has 1 saturated carbocycles. The highest BCUT2D eigenvalue weighted by atomic mass is 32.2. The summed E-state index contributed by atoms with van der Waals surface area (Å²) < 4.78 is 24.2. The van der Waals surface area contributed by atoms with Gasteiger partial charge in [-0.25, -0.2) is 8.42 Å². The summed E-state index contributed by atoms with van der Waals surface area (Å²) in [6, 6.07) is 3.89. The summed E-state index contributed by atoms with van der Waals surface area (Å²) in [6.45, 7) is 0. The fraction of sp³-hybridized carbons (Fsp3) is 0.400. The molecule has 0 bridgehead atoms. The van der Waals surface area contributed by atoms with Crippen LogP contribution in [0.25, 0.3) is 10.9 Å². The summed E-state index contributed by atoms with van der Waals surface area (Å²) in [5.74, 6) is 0.180. The number of aromatic nitrogens is 1. The molecule has 0 atom stereocenters. The van der Waals surface area contributed by atoms with E-state index in [2.05, 4.69) is 10.3 Å². The first kappa shape index (κ1) is 12.9. The Balaban J connectivity index is 1.98. The number of rotatable bonds is 2. The Bertz CT molecular complexity index is 842. The maximum absolute atomic E-state index is 12.1. The summed E-state index contributed by atoms with van der Waals surface area (Å²) in [7, 11) is -3.14. The van der Waals surface area contributed by atoms with Crippen molar-refractivity contribution in [1.29, 1.82) is 0 Å². The molecule has 1 fully saturated rings. The number of hydrogen-bond donors (Lipinski definition) is 2. The van der Waals surface area contributed by atoms with E-state index in [0.717, 1.165) is 35.0 Å². The molecule has 21 heavy (non-hydrogen) atoms. The Morgan fingerprint density at radius 3 is 2.81 bits per heavy atom. The van der Waals surface area contributed by atoms with Gasteiger partial charge in [-0.15, -0.1) is 0 Å². The zero-order chi connectivity index (χ0) is 14.6. The van der Waals surface area contributed by atoms with Crippen molar-refractivity contribution in [2.75, 3.05) is 16.8 Å². The lowest BCUT2D eigenvalue weighted by Gasteiger charge is -2.29. The summed E-state index contributed by atoms with van der Waals surface area (Å²) in [5.41, 5.74) is 9.23. The van der Waals surface area contributed by atoms with Gasteiger partial charge in [0.2, 0.25) is 0 Å². The van der Waals surface area contributed by atoms with Crippen molar-refractivity contribution in [3.63, 3.8) is 0 Å². The average Bonchev–Trinajstić information content (AvgIpc) is 2.71. The topological polar surface area (TPSA) is 85.1 Å². The number of pyridine rings is 1. The number of nitrogen functional groups attached to an aromatic ring is 1. The molecule has 6 heteroatoms. The number of fused-ring (bicyclic) bond motifs is 3. The van der Waals surface area contributed by atoms with E-state index >= 15 is 0 Å². The lowest BCUT2D eigenvalue weighted by molar-refractivity contribution is 0.446. The number of nitrogens with zero attached hydrogens (tertiary/aromatic N) is 1. The third-order valence-corrected chi connectivity index (χ3v) is 6.33. The fourth-order valence-corrected chi connectivity index (χ4v) is 4.70. The molecule has 3 N–H and O–H groups in total. The van der Waals surface area contributed by atoms with Gasteiger partial charge in [0, 0.05) is 11.4 Å². The Morgan fingerprint density at radius 1 is 1.29 bits per heavy atom. The molecule has 5 nitrogen and oxygen atoms in total. The molecular weight excluding hydrogens is 286 g/mol. The van der Waals surface area contributed by atoms with Gasteiger partial charge in [0.15, 0.2) is 9.84 Å². The number of hydrogen-bond acceptors (Lipinski definition) is 5. The van der Waals surface area contributed by atoms with Crippen molar-refractivity contribution in [3.05, 3.63) is 23.9 Å². The minimum absolute atomic E-state index is 0.180. The SMILES string of the molecule is Nc1cnc2ccc3c(c2c1NC1CCC1)CCS3(=O)=O. The second kappa shape index (κ2) is 4.34. The lowest BCUT2D eigenvalue weighted by atomic mass is 9.92. The van der Waals surface area contributed by atoms with E-state index in [4.69, 9.17) is 5.73 Å². The highest BCUT2D eigenvalue weighted by Crippen LogP contribution is 2.39. The summed E-state index contributed by atoms with van der Waals surface area (Å²) >= 11 is 0. The Hall–Kier alpha value is -1.82. The number of nitrogens with two attached hydrogens (primary N) is 1. The quantitative estimate of drug-likeness (QED) is 0.887. The van der Waals surface area contributed by atoms with Crippen molar-refractivity contribution in [3.8, 4) is 0 Å². The number of anilines is 2. The van der Waals surface area contributed by atoms with Crippen LogP contribution in [-0.4, -0.2) is 25.2 Å². The van der Waals surface area contributed by atoms with Gasteiger partial charge < -0.3 is 11.1 Å². The number of aryl methyl sites for hydroxylation is 1. The number of benzene rings is 1. The van der Waals surface area contributed by atoms with Crippen LogP contribution in [0, 0.1) is 0 Å². The van der Waals surface area contributed by atoms with Crippen molar-refractivity contribution in [1.82, 2.24) is 4.98 Å². The maximum Gasteiger partial charge on any atom is 0.179 e. The molecule has 0 radical (unpaired) electrons. The second-order valence-corrected chi connectivity index (χ2v) is 7.94. The fourth-order valence-electron chi connectivity index (χ4n) is 3.15. The first-order chi connectivity index (χ1) is 10.1. The standard InChI is InChI=1S/C15H17N3O2S/c16-11-8-17-12-4-5-13-10(6-7-21(13,19)20)14(12)15(11)18-9-2-1-3-9/h4-5,8-9H,1-3,6-7,16H2,(H,17,18). The molecule has 110 valence electrons. The number of nitrogens with one attached hydrogen (secondary N) is 1. The molecular formula is C15H17N3O2S. The van der Waals surface area contributed by atoms with Gasteiger partial charge in [-0.1, -0.05) is 0 Å². The van der Waals surface area contributed by atoms with E-state index < -0.39 is 9.84 Å². The molecule has 2 aliphatic rings. The zero-order valence-corrected chi connectivity index (χ0v) is 12.4. The van der Waals surface area contributed by atoms with Crippen LogP contribution >= 0.6 is 0 Å². The smallest absolute Gasteiger partial charge is 0.179 e. The van der Waals surface area contributed by atoms with Crippen molar-refractivity contribution in [2.24, 2.45) is 0 Å². The van der Waals surface area contributed by atoms with Crippen LogP contribution in [0.2, 0.25) is 0 Å². The van der Waals surface area contributed by atoms with E-state index in [1.165, 1.54) is 6.42 Å². The van der Waals surface area contributed by atoms with Gasteiger partial charge in [0.25, 0.3) is 0 Å². The van der Waals surface area contributed by atoms with E-state index in [-0.39, 0.29) is 5.75 Å². The first-order valence-corrected chi connectivity index (χ1v) is 8.91. The van der Waals surface area contributed by atoms with E-state index in [9.17, 15) is 8.42 Å². The van der Waals surface area contributed by atoms with Gasteiger partial charge in [-0.3, -0.25) is 4.98 Å². The minimum atomic E-state index is -3.14. The van der Waals surface area contributed by atoms with Crippen LogP contribution in [0.15, 0.2) is 23.2 Å². The van der Waals surface area contributed by atoms with Crippen LogP contribution in [0.3, 0.4) is 0 Å². The third-order valence-electron chi connectivity index (χ3n) is 4.54. The molecule has 1 aliphatic heterocycles. The molecule has 1 aromatic carbocycles. The zero-order valence-electron chi connectivity index (χ0n) is 11.6. The predicted molar refractivity (Wildman–Crippen MR) is 83.2 cm³/mol. The predicted octanol–water partition coefficient (Wildman–Crippen LogP) is 2.11. The second-order valence-electron chi connectivity index (χ2n) is 5.87. The highest BCUT2D eigenvalue weighted by molar-refractivity contribution is 7.91. The van der Waals surface area contributed by atoms with Crippen LogP contribution in [-0.2, 0) is 16.3 Å². The van der Waals surface area contributed by atoms with Gasteiger partial charge >= 0.3 is 0 Å². The Kier molecular flexibility index (Phi) is 2.66. The molecule has 1 aromatic heterocycles.